The minimum atomic E-state index is -4.37. The number of hydrogen-bond acceptors (Lipinski definition) is 2. The van der Waals surface area contributed by atoms with Gasteiger partial charge in [0.25, 0.3) is 0 Å². The third-order valence-electron chi connectivity index (χ3n) is 7.93. The van der Waals surface area contributed by atoms with E-state index in [1.165, 1.54) is 12.1 Å². The lowest BCUT2D eigenvalue weighted by Crippen LogP contribution is -2.12. The average molecular weight is 671 g/mol. The maximum absolute atomic E-state index is 15.3. The van der Waals surface area contributed by atoms with Crippen LogP contribution in [0.25, 0.3) is 22.3 Å². The van der Waals surface area contributed by atoms with E-state index < -0.39 is 79.0 Å². The quantitative estimate of drug-likeness (QED) is 0.175. The van der Waals surface area contributed by atoms with Gasteiger partial charge in [0.2, 0.25) is 0 Å². The van der Waals surface area contributed by atoms with Gasteiger partial charge < -0.3 is 0 Å². The Hall–Kier alpha value is -4.77. The summed E-state index contributed by atoms with van der Waals surface area (Å²) in [7, 11) is -4.37. The van der Waals surface area contributed by atoms with Gasteiger partial charge in [-0.25, -0.2) is 43.5 Å². The Kier molecular flexibility index (Phi) is 8.52. The topological polar surface area (TPSA) is 34.1 Å². The standard InChI is InChI=1S/C36H22F8O2S/c37-29-9-7-19(11-35(29)43)23-3-1-5-25(23)27-15-31(39)21(13-33(27)41)17-47(45,46)18-22-14-34(42)28(16-32(22)40)26-6-2-4-24(26)20-8-10-30(38)36(44)12-20/h3-16H,1-2,17-18H2. The normalized spacial score (nSPS) is 14.6. The number of sulfone groups is 1. The molecule has 0 fully saturated rings. The molecule has 0 aromatic heterocycles. The second kappa shape index (κ2) is 12.4. The predicted octanol–water partition coefficient (Wildman–Crippen LogP) is 9.66. The van der Waals surface area contributed by atoms with Crippen LogP contribution in [0.2, 0.25) is 0 Å². The van der Waals surface area contributed by atoms with Crippen molar-refractivity contribution in [2.24, 2.45) is 0 Å². The molecular formula is C36H22F8O2S. The van der Waals surface area contributed by atoms with Crippen LogP contribution < -0.4 is 0 Å². The Balaban J connectivity index is 1.22. The lowest BCUT2D eigenvalue weighted by molar-refractivity contribution is 0.508. The number of rotatable bonds is 8. The van der Waals surface area contributed by atoms with Gasteiger partial charge in [-0.05, 0) is 94.8 Å². The SMILES string of the molecule is O=S(=O)(Cc1cc(F)c(C2=CCC=C2c2ccc(F)c(F)c2)cc1F)Cc1cc(F)c(C2=CCC=C2c2ccc(F)c(F)c2)cc1F. The molecule has 2 aliphatic rings. The van der Waals surface area contributed by atoms with E-state index in [0.29, 0.717) is 36.1 Å². The molecule has 2 aliphatic carbocycles. The van der Waals surface area contributed by atoms with Gasteiger partial charge in [-0.3, -0.25) is 0 Å². The number of benzene rings is 4. The van der Waals surface area contributed by atoms with Crippen LogP contribution in [-0.4, -0.2) is 8.42 Å². The molecule has 2 nitrogen and oxygen atoms in total. The minimum absolute atomic E-state index is 0.208. The molecule has 0 atom stereocenters. The minimum Gasteiger partial charge on any atom is -0.228 e. The van der Waals surface area contributed by atoms with Crippen LogP contribution >= 0.6 is 0 Å². The second-order valence-electron chi connectivity index (χ2n) is 11.1. The van der Waals surface area contributed by atoms with Crippen LogP contribution in [-0.2, 0) is 21.3 Å². The van der Waals surface area contributed by atoms with E-state index >= 15 is 17.6 Å². The van der Waals surface area contributed by atoms with Crippen molar-refractivity contribution in [1.29, 1.82) is 0 Å². The molecule has 11 heteroatoms. The highest BCUT2D eigenvalue weighted by Crippen LogP contribution is 2.40. The first-order chi connectivity index (χ1) is 22.3. The molecule has 0 bridgehead atoms. The highest BCUT2D eigenvalue weighted by atomic mass is 32.2. The average Bonchev–Trinajstić information content (AvgIpc) is 3.70. The van der Waals surface area contributed by atoms with Crippen molar-refractivity contribution < 1.29 is 43.5 Å². The first-order valence-corrected chi connectivity index (χ1v) is 16.0. The maximum atomic E-state index is 15.3. The summed E-state index contributed by atoms with van der Waals surface area (Å²) < 4.78 is 142. The van der Waals surface area contributed by atoms with Crippen LogP contribution in [0.3, 0.4) is 0 Å². The van der Waals surface area contributed by atoms with E-state index in [0.717, 1.165) is 36.4 Å². The summed E-state index contributed by atoms with van der Waals surface area (Å²) >= 11 is 0. The summed E-state index contributed by atoms with van der Waals surface area (Å²) in [6.07, 6.45) is 6.98. The van der Waals surface area contributed by atoms with Crippen LogP contribution in [0.4, 0.5) is 35.1 Å². The number of hydrogen-bond donors (Lipinski definition) is 0. The zero-order valence-electron chi connectivity index (χ0n) is 24.2. The maximum Gasteiger partial charge on any atom is 0.159 e. The zero-order valence-corrected chi connectivity index (χ0v) is 25.0. The molecule has 240 valence electrons. The van der Waals surface area contributed by atoms with Crippen molar-refractivity contribution in [3.05, 3.63) is 165 Å². The lowest BCUT2D eigenvalue weighted by Gasteiger charge is -2.14. The summed E-state index contributed by atoms with van der Waals surface area (Å²) in [5.41, 5.74) is 0.0295. The Morgan fingerprint density at radius 3 is 1.19 bits per heavy atom. The van der Waals surface area contributed by atoms with Crippen LogP contribution in [0, 0.1) is 46.5 Å². The Labute approximate surface area is 264 Å². The summed E-state index contributed by atoms with van der Waals surface area (Å²) in [4.78, 5) is 0. The third kappa shape index (κ3) is 6.44. The van der Waals surface area contributed by atoms with E-state index in [9.17, 15) is 26.0 Å². The van der Waals surface area contributed by atoms with E-state index in [1.54, 1.807) is 24.3 Å². The first-order valence-electron chi connectivity index (χ1n) is 14.2. The number of halogens is 8. The smallest absolute Gasteiger partial charge is 0.159 e. The van der Waals surface area contributed by atoms with Gasteiger partial charge >= 0.3 is 0 Å². The van der Waals surface area contributed by atoms with Crippen molar-refractivity contribution >= 4 is 32.1 Å². The van der Waals surface area contributed by atoms with Crippen molar-refractivity contribution in [2.75, 3.05) is 0 Å². The fourth-order valence-electron chi connectivity index (χ4n) is 5.75. The van der Waals surface area contributed by atoms with Crippen molar-refractivity contribution in [2.45, 2.75) is 24.3 Å². The summed E-state index contributed by atoms with van der Waals surface area (Å²) in [6, 6.07) is 9.25. The Morgan fingerprint density at radius 1 is 0.426 bits per heavy atom. The largest absolute Gasteiger partial charge is 0.228 e. The fraction of sp³-hybridized carbons (Fsp3) is 0.111. The molecule has 0 amide bonds. The van der Waals surface area contributed by atoms with E-state index in [1.807, 2.05) is 0 Å². The highest BCUT2D eigenvalue weighted by molar-refractivity contribution is 7.89. The Bertz CT molecular complexity index is 2050. The summed E-state index contributed by atoms with van der Waals surface area (Å²) in [5.74, 6) is -10.5. The molecule has 0 aliphatic heterocycles. The lowest BCUT2D eigenvalue weighted by atomic mass is 9.93. The summed E-state index contributed by atoms with van der Waals surface area (Å²) in [5, 5.41) is 0. The van der Waals surface area contributed by atoms with Crippen molar-refractivity contribution in [3.63, 3.8) is 0 Å². The van der Waals surface area contributed by atoms with Gasteiger partial charge in [-0.2, -0.15) is 0 Å². The van der Waals surface area contributed by atoms with Crippen LogP contribution in [0.1, 0.15) is 46.2 Å². The summed E-state index contributed by atoms with van der Waals surface area (Å²) in [6.45, 7) is 0. The first kappa shape index (κ1) is 32.2. The van der Waals surface area contributed by atoms with Crippen molar-refractivity contribution in [3.8, 4) is 0 Å². The van der Waals surface area contributed by atoms with Gasteiger partial charge in [-0.15, -0.1) is 0 Å². The molecule has 0 spiro atoms. The van der Waals surface area contributed by atoms with Crippen LogP contribution in [0.5, 0.6) is 0 Å². The molecule has 4 aromatic rings. The van der Waals surface area contributed by atoms with E-state index in [-0.39, 0.29) is 33.4 Å². The second-order valence-corrected chi connectivity index (χ2v) is 13.1. The van der Waals surface area contributed by atoms with Gasteiger partial charge in [0.05, 0.1) is 11.5 Å². The molecule has 0 saturated carbocycles. The van der Waals surface area contributed by atoms with Gasteiger partial charge in [-0.1, -0.05) is 36.4 Å². The molecule has 47 heavy (non-hydrogen) atoms. The van der Waals surface area contributed by atoms with Gasteiger partial charge in [0, 0.05) is 22.3 Å². The molecule has 0 N–H and O–H groups in total. The molecular weight excluding hydrogens is 648 g/mol. The van der Waals surface area contributed by atoms with Gasteiger partial charge in [0.15, 0.2) is 33.1 Å². The van der Waals surface area contributed by atoms with E-state index in [4.69, 9.17) is 0 Å². The predicted molar refractivity (Wildman–Crippen MR) is 163 cm³/mol. The third-order valence-corrected chi connectivity index (χ3v) is 9.43. The van der Waals surface area contributed by atoms with Crippen molar-refractivity contribution in [1.82, 2.24) is 0 Å². The molecule has 0 radical (unpaired) electrons. The molecule has 0 saturated heterocycles. The van der Waals surface area contributed by atoms with Crippen LogP contribution in [0.15, 0.2) is 85.0 Å². The Morgan fingerprint density at radius 2 is 0.809 bits per heavy atom. The number of allylic oxidation sites excluding steroid dienone is 8. The van der Waals surface area contributed by atoms with Gasteiger partial charge in [0.1, 0.15) is 23.3 Å². The fourth-order valence-corrected chi connectivity index (χ4v) is 7.24. The monoisotopic (exact) mass is 670 g/mol. The molecule has 4 aromatic carbocycles. The zero-order chi connectivity index (χ0) is 33.6. The molecule has 0 heterocycles. The molecule has 6 rings (SSSR count). The van der Waals surface area contributed by atoms with E-state index in [2.05, 4.69) is 0 Å². The highest BCUT2D eigenvalue weighted by Gasteiger charge is 2.26. The molecule has 0 unspecified atom stereocenters.